The van der Waals surface area contributed by atoms with Gasteiger partial charge in [-0.3, -0.25) is 4.79 Å². The first-order valence-corrected chi connectivity index (χ1v) is 6.76. The summed E-state index contributed by atoms with van der Waals surface area (Å²) < 4.78 is 5.33. The molecule has 1 amide bonds. The number of rotatable bonds is 4. The normalized spacial score (nSPS) is 18.5. The third-order valence-corrected chi connectivity index (χ3v) is 3.49. The molecule has 0 unspecified atom stereocenters. The number of carbonyl (C=O) groups is 1. The number of carbonyl (C=O) groups excluding carboxylic acids is 1. The molecule has 104 valence electrons. The highest BCUT2D eigenvalue weighted by Gasteiger charge is 2.22. The smallest absolute Gasteiger partial charge is 0.249 e. The maximum atomic E-state index is 11.7. The van der Waals surface area contributed by atoms with Gasteiger partial charge in [-0.05, 0) is 49.8 Å². The van der Waals surface area contributed by atoms with Crippen LogP contribution in [-0.4, -0.2) is 30.3 Å². The Bertz CT molecular complexity index is 441. The van der Waals surface area contributed by atoms with E-state index in [1.807, 2.05) is 26.0 Å². The maximum Gasteiger partial charge on any atom is 0.249 e. The molecule has 0 radical (unpaired) electrons. The number of nitrogens with one attached hydrogen (secondary N) is 1. The molecule has 2 N–H and O–H groups in total. The Hall–Kier alpha value is -1.55. The summed E-state index contributed by atoms with van der Waals surface area (Å²) in [6, 6.07) is 3.92. The highest BCUT2D eigenvalue weighted by Crippen LogP contribution is 2.23. The predicted octanol–water partition coefficient (Wildman–Crippen LogP) is 1.85. The molecular formula is C15H21NO3. The van der Waals surface area contributed by atoms with Crippen LogP contribution in [0.4, 0.5) is 0 Å². The van der Waals surface area contributed by atoms with Crippen LogP contribution in [0.25, 0.3) is 0 Å². The van der Waals surface area contributed by atoms with Gasteiger partial charge in [-0.1, -0.05) is 12.1 Å². The summed E-state index contributed by atoms with van der Waals surface area (Å²) in [4.78, 5) is 11.7. The van der Waals surface area contributed by atoms with Gasteiger partial charge >= 0.3 is 0 Å². The van der Waals surface area contributed by atoms with Gasteiger partial charge < -0.3 is 15.2 Å². The molecule has 4 nitrogen and oxygen atoms in total. The molecule has 1 saturated heterocycles. The van der Waals surface area contributed by atoms with E-state index in [1.165, 1.54) is 0 Å². The van der Waals surface area contributed by atoms with Crippen molar-refractivity contribution >= 4 is 5.91 Å². The Morgan fingerprint density at radius 1 is 1.42 bits per heavy atom. The second kappa shape index (κ2) is 6.06. The van der Waals surface area contributed by atoms with E-state index in [2.05, 4.69) is 5.32 Å². The van der Waals surface area contributed by atoms with E-state index in [0.717, 1.165) is 36.0 Å². The van der Waals surface area contributed by atoms with Crippen LogP contribution < -0.4 is 5.32 Å². The molecular weight excluding hydrogens is 242 g/mol. The van der Waals surface area contributed by atoms with Crippen LogP contribution in [0.2, 0.25) is 0 Å². The summed E-state index contributed by atoms with van der Waals surface area (Å²) in [5.41, 5.74) is 2.88. The Balaban J connectivity index is 1.84. The van der Waals surface area contributed by atoms with Crippen molar-refractivity contribution in [2.75, 3.05) is 13.2 Å². The molecule has 1 aromatic rings. The van der Waals surface area contributed by atoms with Crippen molar-refractivity contribution in [3.63, 3.8) is 0 Å². The SMILES string of the molecule is Cc1cc(CCNC(=O)[C@@H]2CCCO2)cc(C)c1O. The fourth-order valence-corrected chi connectivity index (χ4v) is 2.42. The number of phenolic OH excluding ortho intramolecular Hbond substituents is 1. The van der Waals surface area contributed by atoms with Crippen molar-refractivity contribution in [2.24, 2.45) is 0 Å². The van der Waals surface area contributed by atoms with Crippen LogP contribution in [0.15, 0.2) is 12.1 Å². The summed E-state index contributed by atoms with van der Waals surface area (Å²) in [5.74, 6) is 0.344. The Morgan fingerprint density at radius 2 is 2.11 bits per heavy atom. The summed E-state index contributed by atoms with van der Waals surface area (Å²) in [6.45, 7) is 5.06. The van der Waals surface area contributed by atoms with Crippen molar-refractivity contribution < 1.29 is 14.6 Å². The lowest BCUT2D eigenvalue weighted by Crippen LogP contribution is -2.35. The quantitative estimate of drug-likeness (QED) is 0.871. The number of aromatic hydroxyl groups is 1. The molecule has 1 aliphatic rings. The average Bonchev–Trinajstić information content (AvgIpc) is 2.89. The van der Waals surface area contributed by atoms with Gasteiger partial charge in [-0.15, -0.1) is 0 Å². The molecule has 4 heteroatoms. The van der Waals surface area contributed by atoms with E-state index in [-0.39, 0.29) is 12.0 Å². The summed E-state index contributed by atoms with van der Waals surface area (Å²) >= 11 is 0. The summed E-state index contributed by atoms with van der Waals surface area (Å²) in [7, 11) is 0. The van der Waals surface area contributed by atoms with Crippen molar-refractivity contribution in [1.82, 2.24) is 5.32 Å². The highest BCUT2D eigenvalue weighted by molar-refractivity contribution is 5.80. The van der Waals surface area contributed by atoms with E-state index in [0.29, 0.717) is 18.9 Å². The number of benzene rings is 1. The fourth-order valence-electron chi connectivity index (χ4n) is 2.42. The van der Waals surface area contributed by atoms with Crippen molar-refractivity contribution in [3.05, 3.63) is 28.8 Å². The van der Waals surface area contributed by atoms with Gasteiger partial charge in [0.1, 0.15) is 11.9 Å². The lowest BCUT2D eigenvalue weighted by atomic mass is 10.0. The third-order valence-electron chi connectivity index (χ3n) is 3.49. The lowest BCUT2D eigenvalue weighted by molar-refractivity contribution is -0.129. The molecule has 1 aromatic carbocycles. The number of phenols is 1. The van der Waals surface area contributed by atoms with Crippen LogP contribution in [-0.2, 0) is 16.0 Å². The minimum atomic E-state index is -0.261. The topological polar surface area (TPSA) is 58.6 Å². The van der Waals surface area contributed by atoms with Crippen LogP contribution in [0, 0.1) is 13.8 Å². The molecule has 1 fully saturated rings. The summed E-state index contributed by atoms with van der Waals surface area (Å²) in [6.07, 6.45) is 2.29. The molecule has 2 rings (SSSR count). The van der Waals surface area contributed by atoms with Gasteiger partial charge in [0.2, 0.25) is 5.91 Å². The Morgan fingerprint density at radius 3 is 2.68 bits per heavy atom. The third kappa shape index (κ3) is 3.47. The molecule has 1 atom stereocenters. The van der Waals surface area contributed by atoms with E-state index in [9.17, 15) is 9.90 Å². The van der Waals surface area contributed by atoms with Gasteiger partial charge in [-0.25, -0.2) is 0 Å². The molecule has 1 aliphatic heterocycles. The van der Waals surface area contributed by atoms with Gasteiger partial charge in [0.15, 0.2) is 0 Å². The van der Waals surface area contributed by atoms with Crippen molar-refractivity contribution in [2.45, 2.75) is 39.2 Å². The Labute approximate surface area is 113 Å². The zero-order valence-electron chi connectivity index (χ0n) is 11.5. The molecule has 0 bridgehead atoms. The number of hydrogen-bond acceptors (Lipinski definition) is 3. The maximum absolute atomic E-state index is 11.7. The molecule has 0 saturated carbocycles. The lowest BCUT2D eigenvalue weighted by Gasteiger charge is -2.11. The van der Waals surface area contributed by atoms with Gasteiger partial charge in [0, 0.05) is 13.2 Å². The van der Waals surface area contributed by atoms with Crippen LogP contribution in [0.1, 0.15) is 29.5 Å². The number of amides is 1. The molecule has 19 heavy (non-hydrogen) atoms. The minimum Gasteiger partial charge on any atom is -0.507 e. The predicted molar refractivity (Wildman–Crippen MR) is 73.3 cm³/mol. The molecule has 0 aromatic heterocycles. The van der Waals surface area contributed by atoms with Crippen molar-refractivity contribution in [1.29, 1.82) is 0 Å². The van der Waals surface area contributed by atoms with Crippen LogP contribution >= 0.6 is 0 Å². The van der Waals surface area contributed by atoms with E-state index < -0.39 is 0 Å². The average molecular weight is 263 g/mol. The highest BCUT2D eigenvalue weighted by atomic mass is 16.5. The zero-order valence-corrected chi connectivity index (χ0v) is 11.5. The van der Waals surface area contributed by atoms with E-state index in [4.69, 9.17) is 4.74 Å². The Kier molecular flexibility index (Phi) is 4.43. The second-order valence-electron chi connectivity index (χ2n) is 5.12. The standard InChI is InChI=1S/C15H21NO3/c1-10-8-12(9-11(2)14(10)17)5-6-16-15(18)13-4-3-7-19-13/h8-9,13,17H,3-7H2,1-2H3,(H,16,18)/t13-/m0/s1. The van der Waals surface area contributed by atoms with E-state index >= 15 is 0 Å². The minimum absolute atomic E-state index is 0.00952. The molecule has 1 heterocycles. The largest absolute Gasteiger partial charge is 0.507 e. The van der Waals surface area contributed by atoms with Crippen molar-refractivity contribution in [3.8, 4) is 5.75 Å². The monoisotopic (exact) mass is 263 g/mol. The number of ether oxygens (including phenoxy) is 1. The van der Waals surface area contributed by atoms with E-state index in [1.54, 1.807) is 0 Å². The summed E-state index contributed by atoms with van der Waals surface area (Å²) in [5, 5.41) is 12.6. The molecule has 0 spiro atoms. The first-order valence-electron chi connectivity index (χ1n) is 6.76. The number of hydrogen-bond donors (Lipinski definition) is 2. The second-order valence-corrected chi connectivity index (χ2v) is 5.12. The van der Waals surface area contributed by atoms with Crippen LogP contribution in [0.5, 0.6) is 5.75 Å². The first-order chi connectivity index (χ1) is 9.08. The number of aryl methyl sites for hydroxylation is 2. The fraction of sp³-hybridized carbons (Fsp3) is 0.533. The van der Waals surface area contributed by atoms with Gasteiger partial charge in [0.05, 0.1) is 0 Å². The molecule has 0 aliphatic carbocycles. The zero-order chi connectivity index (χ0) is 13.8. The first kappa shape index (κ1) is 13.9. The van der Waals surface area contributed by atoms with Gasteiger partial charge in [-0.2, -0.15) is 0 Å². The van der Waals surface area contributed by atoms with Gasteiger partial charge in [0.25, 0.3) is 0 Å². The van der Waals surface area contributed by atoms with Crippen LogP contribution in [0.3, 0.4) is 0 Å².